The lowest BCUT2D eigenvalue weighted by Crippen LogP contribution is -2.11. The van der Waals surface area contributed by atoms with Crippen molar-refractivity contribution in [3.05, 3.63) is 40.1 Å². The van der Waals surface area contributed by atoms with Crippen molar-refractivity contribution in [2.24, 2.45) is 7.05 Å². The molecule has 0 radical (unpaired) electrons. The van der Waals surface area contributed by atoms with E-state index in [-0.39, 0.29) is 0 Å². The van der Waals surface area contributed by atoms with Crippen molar-refractivity contribution < 1.29 is 4.21 Å². The largest absolute Gasteiger partial charge is 0.296 e. The van der Waals surface area contributed by atoms with Gasteiger partial charge in [-0.05, 0) is 68.5 Å². The Hall–Kier alpha value is -2.54. The summed E-state index contributed by atoms with van der Waals surface area (Å²) in [7, 11) is 0.738. The van der Waals surface area contributed by atoms with E-state index in [4.69, 9.17) is 10.1 Å². The lowest BCUT2D eigenvalue weighted by Gasteiger charge is -2.11. The Kier molecular flexibility index (Phi) is 4.38. The number of nitrogens with zero attached hydrogens (tertiary/aromatic N) is 5. The van der Waals surface area contributed by atoms with Crippen LogP contribution in [0.1, 0.15) is 34.7 Å². The molecule has 0 spiro atoms. The fraction of sp³-hybridized carbons (Fsp3) is 0.381. The Morgan fingerprint density at radius 3 is 2.39 bits per heavy atom. The quantitative estimate of drug-likeness (QED) is 0.526. The van der Waals surface area contributed by atoms with Crippen LogP contribution in [0.5, 0.6) is 0 Å². The number of hydrogen-bond acceptors (Lipinski definition) is 4. The van der Waals surface area contributed by atoms with E-state index in [1.165, 1.54) is 11.1 Å². The molecule has 6 nitrogen and oxygen atoms in total. The molecule has 0 N–H and O–H groups in total. The predicted octanol–water partition coefficient (Wildman–Crippen LogP) is 3.98. The van der Waals surface area contributed by atoms with E-state index in [1.807, 2.05) is 37.7 Å². The van der Waals surface area contributed by atoms with Crippen molar-refractivity contribution in [3.63, 3.8) is 0 Å². The summed E-state index contributed by atoms with van der Waals surface area (Å²) < 4.78 is 16.8. The van der Waals surface area contributed by atoms with Crippen molar-refractivity contribution >= 4 is 32.9 Å². The zero-order valence-corrected chi connectivity index (χ0v) is 18.2. The lowest BCUT2D eigenvalue weighted by atomic mass is 9.96. The van der Waals surface area contributed by atoms with Crippen molar-refractivity contribution in [1.29, 1.82) is 0 Å². The summed E-state index contributed by atoms with van der Waals surface area (Å²) in [5, 5.41) is 6.61. The van der Waals surface area contributed by atoms with Gasteiger partial charge in [0.25, 0.3) is 0 Å². The molecule has 1 atom stereocenters. The van der Waals surface area contributed by atoms with Crippen LogP contribution in [0.4, 0.5) is 0 Å². The summed E-state index contributed by atoms with van der Waals surface area (Å²) in [6.45, 7) is 12.3. The van der Waals surface area contributed by atoms with Crippen LogP contribution < -0.4 is 0 Å². The highest BCUT2D eigenvalue weighted by Gasteiger charge is 2.25. The second-order valence-corrected chi connectivity index (χ2v) is 9.06. The Morgan fingerprint density at radius 2 is 1.71 bits per heavy atom. The van der Waals surface area contributed by atoms with Crippen LogP contribution in [-0.4, -0.2) is 34.3 Å². The number of benzene rings is 1. The average Bonchev–Trinajstić information content (AvgIpc) is 3.22. The highest BCUT2D eigenvalue weighted by atomic mass is 32.2. The normalized spacial score (nSPS) is 13.0. The fourth-order valence-electron chi connectivity index (χ4n) is 3.77. The zero-order valence-electron chi connectivity index (χ0n) is 17.4. The third kappa shape index (κ3) is 2.53. The van der Waals surface area contributed by atoms with Crippen LogP contribution in [0.15, 0.2) is 17.3 Å². The maximum Gasteiger partial charge on any atom is 0.233 e. The Labute approximate surface area is 167 Å². The maximum atomic E-state index is 13.1. The van der Waals surface area contributed by atoms with Gasteiger partial charge in [0.05, 0.1) is 16.3 Å². The molecule has 4 rings (SSSR count). The number of aryl methyl sites for hydroxylation is 4. The number of pyridine rings is 1. The first-order valence-electron chi connectivity index (χ1n) is 9.43. The van der Waals surface area contributed by atoms with Crippen LogP contribution >= 0.6 is 0 Å². The second kappa shape index (κ2) is 6.51. The third-order valence-corrected chi connectivity index (χ3v) is 7.08. The molecule has 28 heavy (non-hydrogen) atoms. The molecule has 0 bridgehead atoms. The SMILES string of the molecule is CCS(=O)c1c2c(C)c(C)c(C)c(C)c2nn1-c1nc2cc(C)cnc2n1C. The van der Waals surface area contributed by atoms with Crippen LogP contribution in [0.3, 0.4) is 0 Å². The molecule has 4 aromatic rings. The van der Waals surface area contributed by atoms with Crippen molar-refractivity contribution in [2.45, 2.75) is 46.6 Å². The molecule has 146 valence electrons. The van der Waals surface area contributed by atoms with Gasteiger partial charge in [-0.15, -0.1) is 0 Å². The third-order valence-electron chi connectivity index (χ3n) is 5.75. The van der Waals surface area contributed by atoms with E-state index in [1.54, 1.807) is 4.68 Å². The zero-order chi connectivity index (χ0) is 20.3. The highest BCUT2D eigenvalue weighted by molar-refractivity contribution is 7.85. The summed E-state index contributed by atoms with van der Waals surface area (Å²) in [6, 6.07) is 2.01. The second-order valence-electron chi connectivity index (χ2n) is 7.40. The minimum Gasteiger partial charge on any atom is -0.296 e. The van der Waals surface area contributed by atoms with Crippen molar-refractivity contribution in [2.75, 3.05) is 5.75 Å². The molecule has 0 saturated heterocycles. The van der Waals surface area contributed by atoms with Crippen LogP contribution in [0, 0.1) is 34.6 Å². The van der Waals surface area contributed by atoms with Crippen LogP contribution in [-0.2, 0) is 17.8 Å². The molecule has 0 saturated carbocycles. The number of imidazole rings is 1. The number of fused-ring (bicyclic) bond motifs is 2. The molecule has 0 fully saturated rings. The molecular formula is C21H25N5OS. The molecule has 7 heteroatoms. The summed E-state index contributed by atoms with van der Waals surface area (Å²) in [5.74, 6) is 1.16. The van der Waals surface area contributed by atoms with Crippen molar-refractivity contribution in [3.8, 4) is 5.95 Å². The van der Waals surface area contributed by atoms with Gasteiger partial charge in [0.2, 0.25) is 5.95 Å². The molecule has 3 aromatic heterocycles. The molecule has 0 aliphatic rings. The number of aromatic nitrogens is 5. The van der Waals surface area contributed by atoms with Gasteiger partial charge in [-0.25, -0.2) is 9.97 Å². The van der Waals surface area contributed by atoms with Gasteiger partial charge >= 0.3 is 0 Å². The predicted molar refractivity (Wildman–Crippen MR) is 114 cm³/mol. The Bertz CT molecular complexity index is 1280. The number of rotatable bonds is 3. The Morgan fingerprint density at radius 1 is 1.04 bits per heavy atom. The van der Waals surface area contributed by atoms with E-state index in [0.29, 0.717) is 11.7 Å². The van der Waals surface area contributed by atoms with E-state index >= 15 is 0 Å². The topological polar surface area (TPSA) is 65.6 Å². The molecule has 0 aliphatic carbocycles. The summed E-state index contributed by atoms with van der Waals surface area (Å²) >= 11 is 0. The molecule has 1 aromatic carbocycles. The summed E-state index contributed by atoms with van der Waals surface area (Å²) in [6.07, 6.45) is 1.83. The molecular weight excluding hydrogens is 370 g/mol. The highest BCUT2D eigenvalue weighted by Crippen LogP contribution is 2.34. The molecule has 1 unspecified atom stereocenters. The van der Waals surface area contributed by atoms with Gasteiger partial charge in [-0.1, -0.05) is 6.92 Å². The lowest BCUT2D eigenvalue weighted by molar-refractivity contribution is 0.664. The molecule has 3 heterocycles. The summed E-state index contributed by atoms with van der Waals surface area (Å²) in [4.78, 5) is 9.31. The average molecular weight is 396 g/mol. The number of hydrogen-bond donors (Lipinski definition) is 0. The van der Waals surface area contributed by atoms with Gasteiger partial charge in [-0.3, -0.25) is 8.78 Å². The van der Waals surface area contributed by atoms with Gasteiger partial charge in [0.1, 0.15) is 10.5 Å². The van der Waals surface area contributed by atoms with E-state index in [2.05, 4.69) is 32.7 Å². The summed E-state index contributed by atoms with van der Waals surface area (Å²) in [5.41, 5.74) is 8.26. The van der Waals surface area contributed by atoms with Crippen LogP contribution in [0.2, 0.25) is 0 Å². The van der Waals surface area contributed by atoms with Crippen LogP contribution in [0.25, 0.3) is 28.0 Å². The van der Waals surface area contributed by atoms with Gasteiger partial charge in [0, 0.05) is 24.4 Å². The first-order chi connectivity index (χ1) is 13.3. The minimum atomic E-state index is -1.19. The maximum absolute atomic E-state index is 13.1. The van der Waals surface area contributed by atoms with Gasteiger partial charge in [-0.2, -0.15) is 9.78 Å². The van der Waals surface area contributed by atoms with E-state index < -0.39 is 10.8 Å². The first-order valence-corrected chi connectivity index (χ1v) is 10.7. The molecule has 0 amide bonds. The standard InChI is InChI=1S/C21H25N5OS/c1-8-28(27)20-17-14(5)12(3)13(4)15(6)18(17)24-26(20)21-23-16-9-11(2)10-22-19(16)25(21)7/h9-10H,8H2,1-7H3. The van der Waals surface area contributed by atoms with E-state index in [9.17, 15) is 4.21 Å². The fourth-order valence-corrected chi connectivity index (χ4v) is 4.83. The smallest absolute Gasteiger partial charge is 0.233 e. The van der Waals surface area contributed by atoms with Crippen molar-refractivity contribution in [1.82, 2.24) is 24.3 Å². The van der Waals surface area contributed by atoms with Gasteiger partial charge in [0.15, 0.2) is 5.65 Å². The molecule has 0 aliphatic heterocycles. The van der Waals surface area contributed by atoms with Gasteiger partial charge < -0.3 is 0 Å². The monoisotopic (exact) mass is 395 g/mol. The first kappa shape index (κ1) is 18.8. The minimum absolute atomic E-state index is 0.521. The van der Waals surface area contributed by atoms with E-state index in [0.717, 1.165) is 43.8 Å². The Balaban J connectivity index is 2.16.